The molecule has 0 aliphatic rings. The summed E-state index contributed by atoms with van der Waals surface area (Å²) < 4.78 is 2.20. The van der Waals surface area contributed by atoms with Gasteiger partial charge in [-0.2, -0.15) is 0 Å². The molecule has 0 unspecified atom stereocenters. The van der Waals surface area contributed by atoms with Gasteiger partial charge in [0.1, 0.15) is 0 Å². The van der Waals surface area contributed by atoms with E-state index in [-0.39, 0.29) is 0 Å². The molecular weight excluding hydrogens is 194 g/mol. The molecule has 0 bridgehead atoms. The van der Waals surface area contributed by atoms with Crippen molar-refractivity contribution >= 4 is 22.5 Å². The zero-order valence-electron chi connectivity index (χ0n) is 8.07. The fourth-order valence-corrected chi connectivity index (χ4v) is 1.65. The molecule has 1 heterocycles. The van der Waals surface area contributed by atoms with Crippen molar-refractivity contribution in [2.45, 2.75) is 13.5 Å². The lowest BCUT2D eigenvalue weighted by Crippen LogP contribution is -1.96. The number of aromatic nitrogens is 1. The van der Waals surface area contributed by atoms with Crippen LogP contribution in [0, 0.1) is 0 Å². The van der Waals surface area contributed by atoms with Crippen molar-refractivity contribution in [2.75, 3.05) is 0 Å². The maximum Gasteiger partial charge on any atom is 0.0483 e. The maximum absolute atomic E-state index is 5.64. The molecule has 0 spiro atoms. The van der Waals surface area contributed by atoms with Gasteiger partial charge in [-0.3, -0.25) is 0 Å². The summed E-state index contributed by atoms with van der Waals surface area (Å²) in [4.78, 5) is 0. The van der Waals surface area contributed by atoms with Gasteiger partial charge in [0, 0.05) is 23.8 Å². The Balaban J connectivity index is 2.43. The van der Waals surface area contributed by atoms with E-state index >= 15 is 0 Å². The Labute approximate surface area is 88.6 Å². The molecule has 0 saturated heterocycles. The number of para-hydroxylation sites is 1. The van der Waals surface area contributed by atoms with E-state index < -0.39 is 0 Å². The zero-order valence-corrected chi connectivity index (χ0v) is 8.83. The first-order valence-corrected chi connectivity index (χ1v) is 5.04. The summed E-state index contributed by atoms with van der Waals surface area (Å²) in [6, 6.07) is 10.5. The van der Waals surface area contributed by atoms with Gasteiger partial charge in [0.15, 0.2) is 0 Å². The minimum Gasteiger partial charge on any atom is -0.343 e. The minimum atomic E-state index is 0.858. The number of nitrogens with zero attached hydrogens (tertiary/aromatic N) is 1. The molecule has 0 amide bonds. The highest BCUT2D eigenvalue weighted by Crippen LogP contribution is 2.16. The summed E-state index contributed by atoms with van der Waals surface area (Å²) >= 11 is 5.64. The molecule has 0 N–H and O–H groups in total. The summed E-state index contributed by atoms with van der Waals surface area (Å²) in [7, 11) is 0. The molecule has 72 valence electrons. The Morgan fingerprint density at radius 1 is 1.36 bits per heavy atom. The minimum absolute atomic E-state index is 0.858. The van der Waals surface area contributed by atoms with E-state index in [1.54, 1.807) is 5.54 Å². The Morgan fingerprint density at radius 2 is 2.14 bits per heavy atom. The maximum atomic E-state index is 5.64. The third kappa shape index (κ3) is 1.68. The van der Waals surface area contributed by atoms with Crippen LogP contribution in [0.5, 0.6) is 0 Å². The Bertz CT molecular complexity index is 468. The number of halogens is 1. The average molecular weight is 206 g/mol. The Hall–Kier alpha value is -1.21. The van der Waals surface area contributed by atoms with E-state index in [0.29, 0.717) is 0 Å². The first-order chi connectivity index (χ1) is 6.81. The monoisotopic (exact) mass is 205 g/mol. The molecule has 2 heteroatoms. The molecule has 2 rings (SSSR count). The van der Waals surface area contributed by atoms with Gasteiger partial charge >= 0.3 is 0 Å². The van der Waals surface area contributed by atoms with Crippen molar-refractivity contribution in [3.63, 3.8) is 0 Å². The quantitative estimate of drug-likeness (QED) is 0.703. The third-order valence-corrected chi connectivity index (χ3v) is 2.66. The number of allylic oxidation sites excluding steroid dienone is 1. The second-order valence-corrected chi connectivity index (χ2v) is 3.68. The molecular formula is C12H12ClN. The molecule has 1 aromatic carbocycles. The molecule has 0 aliphatic heterocycles. The van der Waals surface area contributed by atoms with Crippen LogP contribution in [0.1, 0.15) is 6.92 Å². The number of fused-ring (bicyclic) bond motifs is 1. The molecule has 0 aliphatic carbocycles. The fraction of sp³-hybridized carbons (Fsp3) is 0.167. The third-order valence-electron chi connectivity index (χ3n) is 2.29. The van der Waals surface area contributed by atoms with Crippen molar-refractivity contribution in [1.29, 1.82) is 0 Å². The average Bonchev–Trinajstić information content (AvgIpc) is 2.62. The van der Waals surface area contributed by atoms with Crippen LogP contribution >= 0.6 is 11.6 Å². The SMILES string of the molecule is C/C(=C/Cl)Cn1ccc2ccccc21. The smallest absolute Gasteiger partial charge is 0.0483 e. The summed E-state index contributed by atoms with van der Waals surface area (Å²) in [6.07, 6.45) is 2.09. The molecule has 0 radical (unpaired) electrons. The van der Waals surface area contributed by atoms with Gasteiger partial charge in [0.2, 0.25) is 0 Å². The highest BCUT2D eigenvalue weighted by atomic mass is 35.5. The van der Waals surface area contributed by atoms with Crippen molar-refractivity contribution in [1.82, 2.24) is 4.57 Å². The molecule has 0 atom stereocenters. The molecule has 1 nitrogen and oxygen atoms in total. The summed E-state index contributed by atoms with van der Waals surface area (Å²) in [5.74, 6) is 0. The number of rotatable bonds is 2. The van der Waals surface area contributed by atoms with E-state index in [0.717, 1.165) is 12.1 Å². The largest absolute Gasteiger partial charge is 0.343 e. The van der Waals surface area contributed by atoms with E-state index in [4.69, 9.17) is 11.6 Å². The van der Waals surface area contributed by atoms with Gasteiger partial charge < -0.3 is 4.57 Å². The molecule has 0 fully saturated rings. The lowest BCUT2D eigenvalue weighted by molar-refractivity contribution is 0.821. The Kier molecular flexibility index (Phi) is 2.60. The highest BCUT2D eigenvalue weighted by molar-refractivity contribution is 6.25. The second-order valence-electron chi connectivity index (χ2n) is 3.46. The van der Waals surface area contributed by atoms with E-state index in [2.05, 4.69) is 41.1 Å². The molecule has 14 heavy (non-hydrogen) atoms. The normalized spacial score (nSPS) is 12.3. The summed E-state index contributed by atoms with van der Waals surface area (Å²) in [5.41, 5.74) is 4.05. The molecule has 2 aromatic rings. The fourth-order valence-electron chi connectivity index (χ4n) is 1.58. The lowest BCUT2D eigenvalue weighted by atomic mass is 10.2. The van der Waals surface area contributed by atoms with Gasteiger partial charge in [-0.05, 0) is 30.0 Å². The van der Waals surface area contributed by atoms with Crippen molar-refractivity contribution in [3.05, 3.63) is 47.6 Å². The van der Waals surface area contributed by atoms with Crippen molar-refractivity contribution < 1.29 is 0 Å². The Morgan fingerprint density at radius 3 is 2.93 bits per heavy atom. The second kappa shape index (κ2) is 3.89. The van der Waals surface area contributed by atoms with Gasteiger partial charge in [-0.25, -0.2) is 0 Å². The predicted molar refractivity (Wildman–Crippen MR) is 61.5 cm³/mol. The van der Waals surface area contributed by atoms with E-state index in [9.17, 15) is 0 Å². The number of benzene rings is 1. The van der Waals surface area contributed by atoms with Crippen molar-refractivity contribution in [3.8, 4) is 0 Å². The zero-order chi connectivity index (χ0) is 9.97. The van der Waals surface area contributed by atoms with Crippen LogP contribution in [0.25, 0.3) is 10.9 Å². The van der Waals surface area contributed by atoms with Crippen LogP contribution in [0.2, 0.25) is 0 Å². The standard InChI is InChI=1S/C12H12ClN/c1-10(8-13)9-14-7-6-11-4-2-3-5-12(11)14/h2-8H,9H2,1H3/b10-8-. The number of hydrogen-bond donors (Lipinski definition) is 0. The summed E-state index contributed by atoms with van der Waals surface area (Å²) in [5, 5.41) is 1.27. The van der Waals surface area contributed by atoms with Crippen LogP contribution in [0.15, 0.2) is 47.6 Å². The van der Waals surface area contributed by atoms with Gasteiger partial charge in [0.05, 0.1) is 0 Å². The highest BCUT2D eigenvalue weighted by Gasteiger charge is 1.99. The van der Waals surface area contributed by atoms with E-state index in [1.165, 1.54) is 10.9 Å². The number of hydrogen-bond acceptors (Lipinski definition) is 0. The first-order valence-electron chi connectivity index (χ1n) is 4.61. The van der Waals surface area contributed by atoms with Crippen LogP contribution in [0.4, 0.5) is 0 Å². The molecule has 1 aromatic heterocycles. The summed E-state index contributed by atoms with van der Waals surface area (Å²) in [6.45, 7) is 2.89. The van der Waals surface area contributed by atoms with Gasteiger partial charge in [-0.1, -0.05) is 29.8 Å². The topological polar surface area (TPSA) is 4.93 Å². The predicted octanol–water partition coefficient (Wildman–Crippen LogP) is 3.78. The van der Waals surface area contributed by atoms with Crippen LogP contribution in [-0.4, -0.2) is 4.57 Å². The first kappa shape index (κ1) is 9.35. The molecule has 0 saturated carbocycles. The van der Waals surface area contributed by atoms with Gasteiger partial charge in [-0.15, -0.1) is 0 Å². The van der Waals surface area contributed by atoms with Crippen molar-refractivity contribution in [2.24, 2.45) is 0 Å². The van der Waals surface area contributed by atoms with Crippen LogP contribution < -0.4 is 0 Å². The van der Waals surface area contributed by atoms with E-state index in [1.807, 2.05) is 6.92 Å². The van der Waals surface area contributed by atoms with Gasteiger partial charge in [0.25, 0.3) is 0 Å². The lowest BCUT2D eigenvalue weighted by Gasteiger charge is -2.04. The van der Waals surface area contributed by atoms with Crippen LogP contribution in [-0.2, 0) is 6.54 Å². The van der Waals surface area contributed by atoms with Crippen LogP contribution in [0.3, 0.4) is 0 Å².